The van der Waals surface area contributed by atoms with Gasteiger partial charge in [-0.25, -0.2) is 0 Å². The van der Waals surface area contributed by atoms with Crippen molar-refractivity contribution in [1.82, 2.24) is 0 Å². The van der Waals surface area contributed by atoms with Gasteiger partial charge in [-0.2, -0.15) is 0 Å². The van der Waals surface area contributed by atoms with Crippen molar-refractivity contribution in [1.29, 1.82) is 0 Å². The SMILES string of the molecule is O=COC1(c2ccc(Cl)c(Cl)c2)CCC1. The molecule has 0 unspecified atom stereocenters. The second-order valence-electron chi connectivity index (χ2n) is 3.69. The lowest BCUT2D eigenvalue weighted by Gasteiger charge is -2.40. The lowest BCUT2D eigenvalue weighted by atomic mass is 9.75. The van der Waals surface area contributed by atoms with E-state index in [0.29, 0.717) is 16.5 Å². The van der Waals surface area contributed by atoms with Crippen molar-refractivity contribution in [3.05, 3.63) is 33.8 Å². The Hall–Kier alpha value is -0.730. The zero-order valence-corrected chi connectivity index (χ0v) is 9.52. The van der Waals surface area contributed by atoms with Crippen LogP contribution in [0.5, 0.6) is 0 Å². The zero-order valence-electron chi connectivity index (χ0n) is 8.00. The van der Waals surface area contributed by atoms with Crippen LogP contribution in [0.4, 0.5) is 0 Å². The van der Waals surface area contributed by atoms with Crippen molar-refractivity contribution in [3.8, 4) is 0 Å². The molecule has 1 saturated carbocycles. The third-order valence-corrected chi connectivity index (χ3v) is 3.62. The van der Waals surface area contributed by atoms with Crippen LogP contribution in [0.1, 0.15) is 24.8 Å². The number of rotatable bonds is 3. The van der Waals surface area contributed by atoms with Crippen molar-refractivity contribution in [2.24, 2.45) is 0 Å². The first-order chi connectivity index (χ1) is 7.18. The fraction of sp³-hybridized carbons (Fsp3) is 0.364. The summed E-state index contributed by atoms with van der Waals surface area (Å²) in [6.45, 7) is 0.502. The van der Waals surface area contributed by atoms with E-state index < -0.39 is 5.60 Å². The highest BCUT2D eigenvalue weighted by atomic mass is 35.5. The Balaban J connectivity index is 2.34. The molecule has 0 spiro atoms. The predicted molar refractivity (Wildman–Crippen MR) is 59.1 cm³/mol. The molecule has 1 aromatic carbocycles. The van der Waals surface area contributed by atoms with Crippen LogP contribution in [0.3, 0.4) is 0 Å². The van der Waals surface area contributed by atoms with Crippen LogP contribution in [0, 0.1) is 0 Å². The van der Waals surface area contributed by atoms with E-state index in [4.69, 9.17) is 27.9 Å². The third-order valence-electron chi connectivity index (χ3n) is 2.88. The second kappa shape index (κ2) is 4.03. The van der Waals surface area contributed by atoms with E-state index in [1.165, 1.54) is 0 Å². The Morgan fingerprint density at radius 1 is 1.27 bits per heavy atom. The molecule has 2 rings (SSSR count). The quantitative estimate of drug-likeness (QED) is 0.761. The molecule has 1 aliphatic carbocycles. The summed E-state index contributed by atoms with van der Waals surface area (Å²) >= 11 is 11.8. The van der Waals surface area contributed by atoms with Crippen molar-refractivity contribution in [3.63, 3.8) is 0 Å². The first kappa shape index (κ1) is 10.8. The molecule has 0 heterocycles. The largest absolute Gasteiger partial charge is 0.456 e. The van der Waals surface area contributed by atoms with Crippen molar-refractivity contribution < 1.29 is 9.53 Å². The fourth-order valence-corrected chi connectivity index (χ4v) is 2.14. The Kier molecular flexibility index (Phi) is 2.89. The van der Waals surface area contributed by atoms with Crippen molar-refractivity contribution in [2.75, 3.05) is 0 Å². The van der Waals surface area contributed by atoms with Gasteiger partial charge in [0.2, 0.25) is 0 Å². The molecule has 2 nitrogen and oxygen atoms in total. The first-order valence-electron chi connectivity index (χ1n) is 4.75. The summed E-state index contributed by atoms with van der Waals surface area (Å²) in [5, 5.41) is 1.01. The minimum Gasteiger partial charge on any atom is -0.456 e. The topological polar surface area (TPSA) is 26.3 Å². The van der Waals surface area contributed by atoms with Crippen LogP contribution in [0.15, 0.2) is 18.2 Å². The van der Waals surface area contributed by atoms with Gasteiger partial charge in [0, 0.05) is 0 Å². The molecule has 1 aliphatic rings. The summed E-state index contributed by atoms with van der Waals surface area (Å²) in [5.74, 6) is 0. The lowest BCUT2D eigenvalue weighted by Crippen LogP contribution is -2.36. The van der Waals surface area contributed by atoms with Crippen LogP contribution in [-0.4, -0.2) is 6.47 Å². The monoisotopic (exact) mass is 244 g/mol. The molecular weight excluding hydrogens is 235 g/mol. The van der Waals surface area contributed by atoms with Crippen LogP contribution < -0.4 is 0 Å². The van der Waals surface area contributed by atoms with E-state index in [2.05, 4.69) is 0 Å². The van der Waals surface area contributed by atoms with E-state index >= 15 is 0 Å². The number of halogens is 2. The average Bonchev–Trinajstić information content (AvgIpc) is 2.16. The highest BCUT2D eigenvalue weighted by molar-refractivity contribution is 6.42. The summed E-state index contributed by atoms with van der Waals surface area (Å²) < 4.78 is 5.16. The number of carbonyl (C=O) groups is 1. The summed E-state index contributed by atoms with van der Waals surface area (Å²) in [6, 6.07) is 5.36. The summed E-state index contributed by atoms with van der Waals surface area (Å²) in [4.78, 5) is 10.5. The standard InChI is InChI=1S/C11H10Cl2O2/c12-9-3-2-8(6-10(9)13)11(15-7-14)4-1-5-11/h2-3,6-7H,1,4-5H2. The Morgan fingerprint density at radius 3 is 2.47 bits per heavy atom. The van der Waals surface area contributed by atoms with E-state index in [1.807, 2.05) is 6.07 Å². The van der Waals surface area contributed by atoms with Crippen LogP contribution in [0.25, 0.3) is 0 Å². The smallest absolute Gasteiger partial charge is 0.293 e. The van der Waals surface area contributed by atoms with Gasteiger partial charge in [0.15, 0.2) is 0 Å². The van der Waals surface area contributed by atoms with Gasteiger partial charge in [-0.1, -0.05) is 29.3 Å². The van der Waals surface area contributed by atoms with Gasteiger partial charge in [-0.15, -0.1) is 0 Å². The molecule has 0 aliphatic heterocycles. The third kappa shape index (κ3) is 1.84. The Bertz CT molecular complexity index is 386. The van der Waals surface area contributed by atoms with Gasteiger partial charge in [0.05, 0.1) is 10.0 Å². The maximum Gasteiger partial charge on any atom is 0.293 e. The van der Waals surface area contributed by atoms with Gasteiger partial charge < -0.3 is 4.74 Å². The molecule has 1 aromatic rings. The number of benzene rings is 1. The fourth-order valence-electron chi connectivity index (χ4n) is 1.84. The van der Waals surface area contributed by atoms with Gasteiger partial charge in [-0.05, 0) is 37.0 Å². The normalized spacial score (nSPS) is 18.0. The summed E-state index contributed by atoms with van der Waals surface area (Å²) in [6.07, 6.45) is 2.77. The highest BCUT2D eigenvalue weighted by Crippen LogP contribution is 2.45. The Labute approximate surface area is 98.1 Å². The number of hydrogen-bond acceptors (Lipinski definition) is 2. The number of ether oxygens (including phenoxy) is 1. The Morgan fingerprint density at radius 2 is 2.00 bits per heavy atom. The molecule has 0 atom stereocenters. The molecule has 0 saturated heterocycles. The lowest BCUT2D eigenvalue weighted by molar-refractivity contribution is -0.155. The van der Waals surface area contributed by atoms with Gasteiger partial charge >= 0.3 is 0 Å². The van der Waals surface area contributed by atoms with E-state index in [9.17, 15) is 4.79 Å². The van der Waals surface area contributed by atoms with Gasteiger partial charge in [-0.3, -0.25) is 4.79 Å². The first-order valence-corrected chi connectivity index (χ1v) is 5.50. The summed E-state index contributed by atoms with van der Waals surface area (Å²) in [5.41, 5.74) is 0.464. The average molecular weight is 245 g/mol. The van der Waals surface area contributed by atoms with E-state index in [-0.39, 0.29) is 0 Å². The van der Waals surface area contributed by atoms with Crippen LogP contribution in [-0.2, 0) is 15.1 Å². The number of carbonyl (C=O) groups excluding carboxylic acids is 1. The molecule has 15 heavy (non-hydrogen) atoms. The van der Waals surface area contributed by atoms with E-state index in [1.54, 1.807) is 12.1 Å². The maximum absolute atomic E-state index is 10.5. The molecule has 1 fully saturated rings. The molecule has 0 aromatic heterocycles. The van der Waals surface area contributed by atoms with Crippen molar-refractivity contribution in [2.45, 2.75) is 24.9 Å². The molecule has 0 radical (unpaired) electrons. The predicted octanol–water partition coefficient (Wildman–Crippen LogP) is 3.55. The van der Waals surface area contributed by atoms with Crippen molar-refractivity contribution >= 4 is 29.7 Å². The van der Waals surface area contributed by atoms with Crippen LogP contribution in [0.2, 0.25) is 10.0 Å². The molecule has 4 heteroatoms. The van der Waals surface area contributed by atoms with E-state index in [0.717, 1.165) is 24.8 Å². The maximum atomic E-state index is 10.5. The number of hydrogen-bond donors (Lipinski definition) is 0. The molecule has 80 valence electrons. The minimum atomic E-state index is -0.462. The zero-order chi connectivity index (χ0) is 10.9. The molecule has 0 bridgehead atoms. The minimum absolute atomic E-state index is 0.462. The molecule has 0 amide bonds. The van der Waals surface area contributed by atoms with Gasteiger partial charge in [0.1, 0.15) is 5.60 Å². The second-order valence-corrected chi connectivity index (χ2v) is 4.51. The molecular formula is C11H10Cl2O2. The van der Waals surface area contributed by atoms with Crippen LogP contribution >= 0.6 is 23.2 Å². The summed E-state index contributed by atoms with van der Waals surface area (Å²) in [7, 11) is 0. The molecule has 0 N–H and O–H groups in total. The highest BCUT2D eigenvalue weighted by Gasteiger charge is 2.41. The van der Waals surface area contributed by atoms with Gasteiger partial charge in [0.25, 0.3) is 6.47 Å².